The molecule has 0 radical (unpaired) electrons. The summed E-state index contributed by atoms with van der Waals surface area (Å²) in [5, 5.41) is 11.6. The molecule has 0 aromatic carbocycles. The number of nitrogens with zero attached hydrogens (tertiary/aromatic N) is 1. The van der Waals surface area contributed by atoms with Crippen molar-refractivity contribution in [3.63, 3.8) is 0 Å². The zero-order valence-electron chi connectivity index (χ0n) is 31.2. The molecule has 0 rings (SSSR count). The van der Waals surface area contributed by atoms with Crippen molar-refractivity contribution < 1.29 is 38.2 Å². The van der Waals surface area contributed by atoms with Crippen LogP contribution in [0.2, 0.25) is 0 Å². The van der Waals surface area contributed by atoms with Crippen LogP contribution in [0, 0.1) is 0 Å². The van der Waals surface area contributed by atoms with E-state index >= 15 is 0 Å². The van der Waals surface area contributed by atoms with E-state index in [1.807, 2.05) is 0 Å². The fourth-order valence-corrected chi connectivity index (χ4v) is 5.59. The molecule has 8 heteroatoms. The van der Waals surface area contributed by atoms with E-state index in [-0.39, 0.29) is 42.7 Å². The summed E-state index contributed by atoms with van der Waals surface area (Å²) in [6.07, 6.45) is 29.5. The molecule has 0 aromatic rings. The molecule has 276 valence electrons. The van der Waals surface area contributed by atoms with Crippen molar-refractivity contribution in [2.75, 3.05) is 41.0 Å². The molecule has 8 nitrogen and oxygen atoms in total. The van der Waals surface area contributed by atoms with Gasteiger partial charge in [0.2, 0.25) is 0 Å². The molecule has 0 spiro atoms. The Morgan fingerprint density at radius 3 is 1.55 bits per heavy atom. The second-order valence-corrected chi connectivity index (χ2v) is 14.2. The number of carbonyl (C=O) groups excluding carboxylic acids is 3. The first-order valence-corrected chi connectivity index (χ1v) is 19.2. The van der Waals surface area contributed by atoms with Crippen molar-refractivity contribution in [3.8, 4) is 0 Å². The van der Waals surface area contributed by atoms with Crippen molar-refractivity contribution >= 4 is 17.9 Å². The first kappa shape index (κ1) is 45.1. The molecule has 0 amide bonds. The summed E-state index contributed by atoms with van der Waals surface area (Å²) in [5.74, 6) is -1.75. The summed E-state index contributed by atoms with van der Waals surface area (Å²) in [6, 6.07) is -0.721. The number of carbonyl (C=O) groups is 3. The summed E-state index contributed by atoms with van der Waals surface area (Å²) in [4.78, 5) is 36.5. The number of allylic oxidation sites excluding steroid dienone is 2. The van der Waals surface area contributed by atoms with E-state index in [0.29, 0.717) is 12.8 Å². The number of hydrogen-bond acceptors (Lipinski definition) is 7. The number of carboxylic acid groups (broad SMARTS) is 1. The Morgan fingerprint density at radius 1 is 0.617 bits per heavy atom. The van der Waals surface area contributed by atoms with Gasteiger partial charge in [-0.2, -0.15) is 0 Å². The third kappa shape index (κ3) is 29.9. The molecule has 2 unspecified atom stereocenters. The number of unbranched alkanes of at least 4 members (excludes halogenated alkanes) is 18. The van der Waals surface area contributed by atoms with Gasteiger partial charge in [-0.15, -0.1) is 0 Å². The molecule has 0 N–H and O–H groups in total. The molecule has 0 aromatic heterocycles. The van der Waals surface area contributed by atoms with Crippen molar-refractivity contribution in [1.82, 2.24) is 0 Å². The molecule has 0 aliphatic rings. The SMILES string of the molecule is CCCCCCCCC/C=C/CCCCCC(=O)OCC(COCCC(C(=O)[O-])[N+](C)(C)C)OC(=O)CCCCCCCCCCC. The maximum atomic E-state index is 12.6. The Hall–Kier alpha value is -1.93. The van der Waals surface area contributed by atoms with E-state index < -0.39 is 18.1 Å². The van der Waals surface area contributed by atoms with E-state index in [1.165, 1.54) is 83.5 Å². The van der Waals surface area contributed by atoms with Crippen LogP contribution in [0.1, 0.15) is 168 Å². The summed E-state index contributed by atoms with van der Waals surface area (Å²) < 4.78 is 17.0. The van der Waals surface area contributed by atoms with Crippen molar-refractivity contribution in [2.24, 2.45) is 0 Å². The largest absolute Gasteiger partial charge is 0.544 e. The predicted octanol–water partition coefficient (Wildman–Crippen LogP) is 8.24. The molecule has 0 aliphatic heterocycles. The van der Waals surface area contributed by atoms with Gasteiger partial charge >= 0.3 is 11.9 Å². The number of rotatable bonds is 34. The van der Waals surface area contributed by atoms with E-state index in [4.69, 9.17) is 14.2 Å². The van der Waals surface area contributed by atoms with Crippen LogP contribution in [0.4, 0.5) is 0 Å². The van der Waals surface area contributed by atoms with Crippen molar-refractivity contribution in [2.45, 2.75) is 180 Å². The Bertz CT molecular complexity index is 793. The van der Waals surface area contributed by atoms with Gasteiger partial charge in [0.05, 0.1) is 40.3 Å². The van der Waals surface area contributed by atoms with Crippen LogP contribution >= 0.6 is 0 Å². The van der Waals surface area contributed by atoms with Crippen LogP contribution in [0.15, 0.2) is 12.2 Å². The van der Waals surface area contributed by atoms with Crippen molar-refractivity contribution in [1.29, 1.82) is 0 Å². The number of quaternary nitrogens is 1. The van der Waals surface area contributed by atoms with E-state index in [1.54, 1.807) is 21.1 Å². The van der Waals surface area contributed by atoms with Crippen LogP contribution in [0.25, 0.3) is 0 Å². The molecule has 0 saturated carbocycles. The molecular weight excluding hydrogens is 594 g/mol. The lowest BCUT2D eigenvalue weighted by Gasteiger charge is -2.34. The topological polar surface area (TPSA) is 102 Å². The molecule has 0 aliphatic carbocycles. The lowest BCUT2D eigenvalue weighted by Crippen LogP contribution is -2.55. The van der Waals surface area contributed by atoms with Crippen LogP contribution in [0.5, 0.6) is 0 Å². The first-order valence-electron chi connectivity index (χ1n) is 19.2. The highest BCUT2D eigenvalue weighted by Gasteiger charge is 2.25. The lowest BCUT2D eigenvalue weighted by atomic mass is 10.1. The normalized spacial score (nSPS) is 13.1. The number of aliphatic carboxylic acids is 1. The third-order valence-corrected chi connectivity index (χ3v) is 8.65. The fraction of sp³-hybridized carbons (Fsp3) is 0.872. The molecule has 0 saturated heterocycles. The number of carboxylic acids is 1. The van der Waals surface area contributed by atoms with Gasteiger partial charge < -0.3 is 28.6 Å². The zero-order valence-corrected chi connectivity index (χ0v) is 31.2. The molecule has 0 bridgehead atoms. The number of ether oxygens (including phenoxy) is 3. The van der Waals surface area contributed by atoms with Gasteiger partial charge in [-0.1, -0.05) is 122 Å². The number of hydrogen-bond donors (Lipinski definition) is 0. The standard InChI is InChI=1S/C39H73NO7/c1-6-8-10-12-14-16-17-18-19-20-22-23-25-27-29-37(41)46-34-35(33-45-32-31-36(39(43)44)40(3,4)5)47-38(42)30-28-26-24-21-15-13-11-9-7-2/h19-20,35-36H,6-18,21-34H2,1-5H3/b20-19+. The second-order valence-electron chi connectivity index (χ2n) is 14.2. The molecule has 0 heterocycles. The Morgan fingerprint density at radius 2 is 1.06 bits per heavy atom. The minimum Gasteiger partial charge on any atom is -0.544 e. The van der Waals surface area contributed by atoms with E-state index in [0.717, 1.165) is 51.4 Å². The summed E-state index contributed by atoms with van der Waals surface area (Å²) in [5.41, 5.74) is 0. The van der Waals surface area contributed by atoms with Crippen molar-refractivity contribution in [3.05, 3.63) is 12.2 Å². The van der Waals surface area contributed by atoms with Gasteiger partial charge in [-0.3, -0.25) is 9.59 Å². The highest BCUT2D eigenvalue weighted by Crippen LogP contribution is 2.13. The summed E-state index contributed by atoms with van der Waals surface area (Å²) in [6.45, 7) is 4.61. The maximum absolute atomic E-state index is 12.6. The highest BCUT2D eigenvalue weighted by atomic mass is 16.6. The Labute approximate surface area is 289 Å². The average molecular weight is 668 g/mol. The van der Waals surface area contributed by atoms with Gasteiger partial charge in [-0.05, 0) is 38.5 Å². The van der Waals surface area contributed by atoms with Gasteiger partial charge in [0.25, 0.3) is 0 Å². The quantitative estimate of drug-likeness (QED) is 0.0295. The number of esters is 2. The second kappa shape index (κ2) is 31.3. The van der Waals surface area contributed by atoms with Crippen LogP contribution in [-0.4, -0.2) is 75.5 Å². The smallest absolute Gasteiger partial charge is 0.306 e. The lowest BCUT2D eigenvalue weighted by molar-refractivity contribution is -0.889. The fourth-order valence-electron chi connectivity index (χ4n) is 5.59. The van der Waals surface area contributed by atoms with Crippen LogP contribution in [0.3, 0.4) is 0 Å². The predicted molar refractivity (Wildman–Crippen MR) is 190 cm³/mol. The minimum absolute atomic E-state index is 0.0406. The van der Waals surface area contributed by atoms with Crippen LogP contribution in [-0.2, 0) is 28.6 Å². The monoisotopic (exact) mass is 668 g/mol. The van der Waals surface area contributed by atoms with E-state index in [2.05, 4.69) is 26.0 Å². The summed E-state index contributed by atoms with van der Waals surface area (Å²) in [7, 11) is 5.39. The molecule has 0 fully saturated rings. The average Bonchev–Trinajstić information content (AvgIpc) is 3.01. The van der Waals surface area contributed by atoms with E-state index in [9.17, 15) is 19.5 Å². The Kier molecular flexibility index (Phi) is 30.1. The Balaban J connectivity index is 4.40. The maximum Gasteiger partial charge on any atom is 0.306 e. The van der Waals surface area contributed by atoms with Gasteiger partial charge in [0, 0.05) is 19.3 Å². The zero-order chi connectivity index (χ0) is 35.0. The third-order valence-electron chi connectivity index (χ3n) is 8.65. The minimum atomic E-state index is -1.13. The number of likely N-dealkylation sites (N-methyl/N-ethyl adjacent to an activating group) is 1. The first-order chi connectivity index (χ1) is 22.6. The van der Waals surface area contributed by atoms with Gasteiger partial charge in [0.1, 0.15) is 12.6 Å². The van der Waals surface area contributed by atoms with Crippen LogP contribution < -0.4 is 5.11 Å². The summed E-state index contributed by atoms with van der Waals surface area (Å²) >= 11 is 0. The highest BCUT2D eigenvalue weighted by molar-refractivity contribution is 5.70. The molecule has 47 heavy (non-hydrogen) atoms. The molecular formula is C39H73NO7. The van der Waals surface area contributed by atoms with Gasteiger partial charge in [0.15, 0.2) is 6.10 Å². The van der Waals surface area contributed by atoms with Gasteiger partial charge in [-0.25, -0.2) is 0 Å². The molecule has 2 atom stereocenters.